The molecule has 6 rings (SSSR count). The van der Waals surface area contributed by atoms with E-state index in [1.54, 1.807) is 0 Å². The van der Waals surface area contributed by atoms with Crippen molar-refractivity contribution in [3.8, 4) is 0 Å². The maximum Gasteiger partial charge on any atom is 0.309 e. The highest BCUT2D eigenvalue weighted by Gasteiger charge is 2.49. The Morgan fingerprint density at radius 3 is 2.02 bits per heavy atom. The van der Waals surface area contributed by atoms with E-state index in [-0.39, 0.29) is 29.7 Å². The van der Waals surface area contributed by atoms with E-state index in [1.165, 1.54) is 43.3 Å². The van der Waals surface area contributed by atoms with Crippen LogP contribution in [0.2, 0.25) is 0 Å². The second kappa shape index (κ2) is 12.7. The number of nitrogens with zero attached hydrogens (tertiary/aromatic N) is 1. The highest BCUT2D eigenvalue weighted by molar-refractivity contribution is 5.95. The zero-order valence-corrected chi connectivity index (χ0v) is 27.5. The second-order valence-electron chi connectivity index (χ2n) is 13.6. The van der Waals surface area contributed by atoms with Crippen molar-refractivity contribution in [1.82, 2.24) is 0 Å². The molecule has 0 aromatic heterocycles. The van der Waals surface area contributed by atoms with E-state index in [4.69, 9.17) is 0 Å². The first-order valence-corrected chi connectivity index (χ1v) is 16.4. The van der Waals surface area contributed by atoms with Gasteiger partial charge in [0, 0.05) is 35.0 Å². The highest BCUT2D eigenvalue weighted by Crippen LogP contribution is 2.50. The standard InChI is InChI=1S/C41H42N2O4/c1-40(2)34(42(26-24-36(44)45)32-22-20-28-14-10-12-16-30(28)38(32)40)18-8-6-5-7-9-19-35-41(3,4)39-31-17-13-11-15-29(31)21-23-33(39)43(35)27-25-37(46)47/h5-23,34H,24-27H2,1-4H3,(H,44,45)(H,46,47)/p+1/b6-5+,9-7+,18-8+,35-19+. The first-order valence-electron chi connectivity index (χ1n) is 16.4. The molecule has 3 N–H and O–H groups in total. The second-order valence-corrected chi connectivity index (χ2v) is 13.6. The number of hydrogen-bond donors (Lipinski definition) is 3. The Bertz CT molecular complexity index is 1980. The van der Waals surface area contributed by atoms with E-state index >= 15 is 0 Å². The minimum atomic E-state index is -0.813. The SMILES string of the molecule is CC1(C)\C(=C/C=C/C=C/C=C/C2[NH+](CCC(=O)O)c3ccc4ccccc4c3C2(C)C)N(CCC(=O)O)c2ccc3ccccc3c21. The first kappa shape index (κ1) is 32.0. The molecule has 6 heteroatoms. The van der Waals surface area contributed by atoms with E-state index in [0.29, 0.717) is 13.1 Å². The molecule has 0 aliphatic carbocycles. The Morgan fingerprint density at radius 1 is 0.745 bits per heavy atom. The van der Waals surface area contributed by atoms with Gasteiger partial charge in [-0.05, 0) is 65.2 Å². The number of hydrogen-bond acceptors (Lipinski definition) is 3. The molecule has 0 saturated carbocycles. The fourth-order valence-corrected chi connectivity index (χ4v) is 7.88. The van der Waals surface area contributed by atoms with Crippen molar-refractivity contribution in [2.45, 2.75) is 57.4 Å². The first-order chi connectivity index (χ1) is 22.5. The van der Waals surface area contributed by atoms with Crippen LogP contribution in [0.4, 0.5) is 11.4 Å². The Balaban J connectivity index is 1.25. The van der Waals surface area contributed by atoms with Crippen LogP contribution in [0, 0.1) is 0 Å². The van der Waals surface area contributed by atoms with Crippen molar-refractivity contribution in [1.29, 1.82) is 0 Å². The number of rotatable bonds is 10. The van der Waals surface area contributed by atoms with Crippen LogP contribution < -0.4 is 9.80 Å². The molecule has 2 unspecified atom stereocenters. The van der Waals surface area contributed by atoms with Crippen LogP contribution in [0.3, 0.4) is 0 Å². The summed E-state index contributed by atoms with van der Waals surface area (Å²) in [7, 11) is 0. The third-order valence-electron chi connectivity index (χ3n) is 9.99. The molecule has 0 spiro atoms. The van der Waals surface area contributed by atoms with Gasteiger partial charge in [-0.3, -0.25) is 14.5 Å². The number of nitrogens with one attached hydrogen (secondary N) is 1. The number of benzene rings is 4. The Morgan fingerprint density at radius 2 is 1.34 bits per heavy atom. The molecule has 0 bridgehead atoms. The number of allylic oxidation sites excluding steroid dienone is 7. The van der Waals surface area contributed by atoms with Crippen molar-refractivity contribution in [3.63, 3.8) is 0 Å². The van der Waals surface area contributed by atoms with Gasteiger partial charge in [-0.1, -0.05) is 98.8 Å². The number of carboxylic acid groups (broad SMARTS) is 2. The molecule has 47 heavy (non-hydrogen) atoms. The van der Waals surface area contributed by atoms with Crippen molar-refractivity contribution in [2.24, 2.45) is 0 Å². The average Bonchev–Trinajstić information content (AvgIpc) is 3.40. The minimum absolute atomic E-state index is 0.0523. The van der Waals surface area contributed by atoms with Gasteiger partial charge >= 0.3 is 11.9 Å². The molecule has 2 heterocycles. The summed E-state index contributed by atoms with van der Waals surface area (Å²) in [5, 5.41) is 23.8. The molecule has 240 valence electrons. The third kappa shape index (κ3) is 5.90. The quantitative estimate of drug-likeness (QED) is 0.159. The summed E-state index contributed by atoms with van der Waals surface area (Å²) in [6.07, 6.45) is 14.6. The third-order valence-corrected chi connectivity index (χ3v) is 9.99. The number of fused-ring (bicyclic) bond motifs is 6. The van der Waals surface area contributed by atoms with Gasteiger partial charge < -0.3 is 15.1 Å². The lowest BCUT2D eigenvalue weighted by Crippen LogP contribution is -3.10. The van der Waals surface area contributed by atoms with Gasteiger partial charge in [0.15, 0.2) is 0 Å². The Kier molecular flexibility index (Phi) is 8.64. The topological polar surface area (TPSA) is 82.3 Å². The van der Waals surface area contributed by atoms with Gasteiger partial charge in [0.05, 0.1) is 24.8 Å². The van der Waals surface area contributed by atoms with Gasteiger partial charge in [-0.2, -0.15) is 0 Å². The van der Waals surface area contributed by atoms with Crippen molar-refractivity contribution >= 4 is 44.9 Å². The molecule has 2 aliphatic rings. The summed E-state index contributed by atoms with van der Waals surface area (Å²) in [5.74, 6) is -1.60. The van der Waals surface area contributed by atoms with Crippen LogP contribution in [0.25, 0.3) is 21.5 Å². The zero-order chi connectivity index (χ0) is 33.3. The molecule has 2 atom stereocenters. The van der Waals surface area contributed by atoms with Crippen molar-refractivity contribution in [3.05, 3.63) is 132 Å². The highest BCUT2D eigenvalue weighted by atomic mass is 16.4. The van der Waals surface area contributed by atoms with E-state index < -0.39 is 11.9 Å². The van der Waals surface area contributed by atoms with Crippen LogP contribution in [-0.2, 0) is 20.4 Å². The lowest BCUT2D eigenvalue weighted by atomic mass is 9.78. The van der Waals surface area contributed by atoms with Crippen molar-refractivity contribution in [2.75, 3.05) is 18.0 Å². The Hall–Kier alpha value is -4.94. The lowest BCUT2D eigenvalue weighted by Gasteiger charge is -2.27. The summed E-state index contributed by atoms with van der Waals surface area (Å²) in [6, 6.07) is 25.4. The van der Waals surface area contributed by atoms with E-state index in [9.17, 15) is 19.8 Å². The number of anilines is 1. The largest absolute Gasteiger partial charge is 0.481 e. The molecule has 0 radical (unpaired) electrons. The molecule has 0 amide bonds. The normalized spacial score (nSPS) is 20.7. The lowest BCUT2D eigenvalue weighted by molar-refractivity contribution is -0.849. The van der Waals surface area contributed by atoms with Gasteiger partial charge in [0.25, 0.3) is 0 Å². The van der Waals surface area contributed by atoms with Gasteiger partial charge in [-0.25, -0.2) is 0 Å². The van der Waals surface area contributed by atoms with Crippen LogP contribution in [0.5, 0.6) is 0 Å². The molecule has 6 nitrogen and oxygen atoms in total. The monoisotopic (exact) mass is 627 g/mol. The number of aliphatic carboxylic acids is 2. The maximum absolute atomic E-state index is 11.6. The number of carboxylic acids is 2. The number of carbonyl (C=O) groups is 2. The van der Waals surface area contributed by atoms with Crippen LogP contribution in [0.1, 0.15) is 51.7 Å². The number of quaternary nitrogens is 1. The summed E-state index contributed by atoms with van der Waals surface area (Å²) >= 11 is 0. The summed E-state index contributed by atoms with van der Waals surface area (Å²) in [4.78, 5) is 26.5. The molecular weight excluding hydrogens is 584 g/mol. The molecular formula is C41H43N2O4+. The fourth-order valence-electron chi connectivity index (χ4n) is 7.88. The molecule has 0 fully saturated rings. The maximum atomic E-state index is 11.6. The minimum Gasteiger partial charge on any atom is -0.481 e. The zero-order valence-electron chi connectivity index (χ0n) is 27.5. The van der Waals surface area contributed by atoms with Crippen molar-refractivity contribution < 1.29 is 24.7 Å². The summed E-state index contributed by atoms with van der Waals surface area (Å²) < 4.78 is 0. The van der Waals surface area contributed by atoms with E-state index in [2.05, 4.69) is 118 Å². The summed E-state index contributed by atoms with van der Waals surface area (Å²) in [6.45, 7) is 9.86. The van der Waals surface area contributed by atoms with Gasteiger partial charge in [0.2, 0.25) is 0 Å². The van der Waals surface area contributed by atoms with E-state index in [1.807, 2.05) is 30.4 Å². The molecule has 2 aliphatic heterocycles. The molecule has 4 aromatic rings. The fraction of sp³-hybridized carbons (Fsp3) is 0.268. The smallest absolute Gasteiger partial charge is 0.309 e. The predicted molar refractivity (Wildman–Crippen MR) is 191 cm³/mol. The molecule has 0 saturated heterocycles. The predicted octanol–water partition coefficient (Wildman–Crippen LogP) is 7.47. The van der Waals surface area contributed by atoms with Gasteiger partial charge in [-0.15, -0.1) is 0 Å². The van der Waals surface area contributed by atoms with Crippen LogP contribution in [0.15, 0.2) is 121 Å². The molecule has 4 aromatic carbocycles. The van der Waals surface area contributed by atoms with Gasteiger partial charge in [0.1, 0.15) is 11.7 Å². The Labute approximate surface area is 276 Å². The van der Waals surface area contributed by atoms with Crippen LogP contribution in [-0.4, -0.2) is 41.3 Å². The summed E-state index contributed by atoms with van der Waals surface area (Å²) in [5.41, 5.74) is 5.33. The van der Waals surface area contributed by atoms with Crippen LogP contribution >= 0.6 is 0 Å². The van der Waals surface area contributed by atoms with E-state index in [0.717, 1.165) is 11.4 Å². The average molecular weight is 628 g/mol.